The van der Waals surface area contributed by atoms with E-state index < -0.39 is 11.9 Å². The minimum Gasteiger partial charge on any atom is -0.396 e. The van der Waals surface area contributed by atoms with Gasteiger partial charge in [0.1, 0.15) is 5.69 Å². The average Bonchev–Trinajstić information content (AvgIpc) is 2.35. The van der Waals surface area contributed by atoms with Gasteiger partial charge in [-0.2, -0.15) is 13.2 Å². The van der Waals surface area contributed by atoms with Crippen molar-refractivity contribution in [1.29, 1.82) is 0 Å². The molecule has 1 rings (SSSR count). The van der Waals surface area contributed by atoms with Crippen LogP contribution in [0.15, 0.2) is 12.3 Å². The van der Waals surface area contributed by atoms with Gasteiger partial charge in [-0.25, -0.2) is 4.98 Å². The Morgan fingerprint density at radius 3 is 2.62 bits per heavy atom. The number of nitrogens with one attached hydrogen (secondary N) is 1. The average molecular weight is 304 g/mol. The lowest BCUT2D eigenvalue weighted by molar-refractivity contribution is -0.141. The fourth-order valence-corrected chi connectivity index (χ4v) is 1.62. The number of anilines is 2. The Kier molecular flexibility index (Phi) is 5.40. The van der Waals surface area contributed by atoms with E-state index >= 15 is 0 Å². The molecule has 0 unspecified atom stereocenters. The van der Waals surface area contributed by atoms with Crippen LogP contribution in [0.3, 0.4) is 0 Å². The molecule has 1 amide bonds. The molecule has 0 fully saturated rings. The maximum absolute atomic E-state index is 12.6. The van der Waals surface area contributed by atoms with Crippen molar-refractivity contribution in [2.24, 2.45) is 5.92 Å². The number of alkyl halides is 3. The molecule has 0 saturated heterocycles. The number of carbonyl (C=O) groups is 1. The molecule has 8 heteroatoms. The van der Waals surface area contributed by atoms with E-state index in [9.17, 15) is 18.0 Å². The van der Waals surface area contributed by atoms with Crippen molar-refractivity contribution in [3.8, 4) is 0 Å². The molecule has 0 aliphatic heterocycles. The summed E-state index contributed by atoms with van der Waals surface area (Å²) in [6.07, 6.45) is -3.61. The number of carbonyl (C=O) groups excluding carboxylic acids is 1. The van der Waals surface area contributed by atoms with E-state index in [2.05, 4.69) is 10.3 Å². The molecule has 0 aliphatic carbocycles. The van der Waals surface area contributed by atoms with Gasteiger partial charge < -0.3 is 16.0 Å². The zero-order valence-electron chi connectivity index (χ0n) is 12.2. The molecule has 1 heterocycles. The summed E-state index contributed by atoms with van der Waals surface area (Å²) in [7, 11) is 1.50. The molecule has 1 aromatic heterocycles. The first kappa shape index (κ1) is 17.1. The summed E-state index contributed by atoms with van der Waals surface area (Å²) < 4.78 is 37.9. The Balaban J connectivity index is 2.82. The summed E-state index contributed by atoms with van der Waals surface area (Å²) in [6.45, 7) is 4.31. The Bertz CT molecular complexity index is 503. The molecule has 5 nitrogen and oxygen atoms in total. The smallest absolute Gasteiger partial charge is 0.396 e. The zero-order valence-corrected chi connectivity index (χ0v) is 12.2. The number of amides is 1. The highest BCUT2D eigenvalue weighted by molar-refractivity contribution is 5.82. The van der Waals surface area contributed by atoms with Crippen molar-refractivity contribution in [3.05, 3.63) is 18.0 Å². The van der Waals surface area contributed by atoms with Crippen LogP contribution in [0, 0.1) is 5.92 Å². The van der Waals surface area contributed by atoms with Gasteiger partial charge >= 0.3 is 6.18 Å². The second-order valence-corrected chi connectivity index (χ2v) is 5.18. The lowest BCUT2D eigenvalue weighted by Crippen LogP contribution is -2.37. The first-order chi connectivity index (χ1) is 9.61. The lowest BCUT2D eigenvalue weighted by atomic mass is 10.2. The van der Waals surface area contributed by atoms with Gasteiger partial charge in [0, 0.05) is 13.6 Å². The van der Waals surface area contributed by atoms with Crippen molar-refractivity contribution < 1.29 is 18.0 Å². The van der Waals surface area contributed by atoms with Crippen molar-refractivity contribution >= 4 is 17.3 Å². The molecule has 3 N–H and O–H groups in total. The molecular formula is C13H19F3N4O. The summed E-state index contributed by atoms with van der Waals surface area (Å²) >= 11 is 0. The van der Waals surface area contributed by atoms with Gasteiger partial charge in [-0.15, -0.1) is 0 Å². The third kappa shape index (κ3) is 5.13. The number of aromatic nitrogens is 1. The Morgan fingerprint density at radius 1 is 1.48 bits per heavy atom. The van der Waals surface area contributed by atoms with Crippen molar-refractivity contribution in [3.63, 3.8) is 0 Å². The molecule has 1 aromatic rings. The van der Waals surface area contributed by atoms with Crippen LogP contribution in [0.5, 0.6) is 0 Å². The largest absolute Gasteiger partial charge is 0.433 e. The van der Waals surface area contributed by atoms with Gasteiger partial charge in [-0.05, 0) is 12.0 Å². The first-order valence-electron chi connectivity index (χ1n) is 6.41. The SMILES string of the molecule is CC(C)CNC(=O)CN(C)c1cc(C(F)(F)F)ncc1N. The fraction of sp³-hybridized carbons (Fsp3) is 0.538. The number of rotatable bonds is 5. The first-order valence-corrected chi connectivity index (χ1v) is 6.41. The highest BCUT2D eigenvalue weighted by atomic mass is 19.4. The van der Waals surface area contributed by atoms with Gasteiger partial charge in [-0.1, -0.05) is 13.8 Å². The summed E-state index contributed by atoms with van der Waals surface area (Å²) in [5.41, 5.74) is 4.80. The van der Waals surface area contributed by atoms with E-state index in [4.69, 9.17) is 5.73 Å². The van der Waals surface area contributed by atoms with Gasteiger partial charge in [0.2, 0.25) is 5.91 Å². The molecule has 0 spiro atoms. The van der Waals surface area contributed by atoms with E-state index in [0.29, 0.717) is 12.5 Å². The van der Waals surface area contributed by atoms with Gasteiger partial charge in [0.05, 0.1) is 24.1 Å². The van der Waals surface area contributed by atoms with Crippen LogP contribution < -0.4 is 16.0 Å². The molecule has 21 heavy (non-hydrogen) atoms. The lowest BCUT2D eigenvalue weighted by Gasteiger charge is -2.21. The van der Waals surface area contributed by atoms with Crippen molar-refractivity contribution in [2.75, 3.05) is 30.8 Å². The summed E-state index contributed by atoms with van der Waals surface area (Å²) in [5.74, 6) is 0.0121. The Morgan fingerprint density at radius 2 is 2.10 bits per heavy atom. The number of pyridine rings is 1. The van der Waals surface area contributed by atoms with Crippen LogP contribution in [-0.4, -0.2) is 31.0 Å². The molecule has 0 bridgehead atoms. The third-order valence-corrected chi connectivity index (χ3v) is 2.70. The van der Waals surface area contributed by atoms with E-state index in [1.165, 1.54) is 11.9 Å². The number of hydrogen-bond donors (Lipinski definition) is 2. The number of hydrogen-bond acceptors (Lipinski definition) is 4. The van der Waals surface area contributed by atoms with Crippen LogP contribution in [0.25, 0.3) is 0 Å². The fourth-order valence-electron chi connectivity index (χ4n) is 1.62. The van der Waals surface area contributed by atoms with E-state index in [1.54, 1.807) is 0 Å². The molecule has 0 saturated carbocycles. The highest BCUT2D eigenvalue weighted by Crippen LogP contribution is 2.32. The molecular weight excluding hydrogens is 285 g/mol. The van der Waals surface area contributed by atoms with Gasteiger partial charge in [0.15, 0.2) is 0 Å². The van der Waals surface area contributed by atoms with Crippen molar-refractivity contribution in [2.45, 2.75) is 20.0 Å². The van der Waals surface area contributed by atoms with E-state index in [-0.39, 0.29) is 23.8 Å². The second-order valence-electron chi connectivity index (χ2n) is 5.18. The van der Waals surface area contributed by atoms with E-state index in [1.807, 2.05) is 13.8 Å². The number of nitrogen functional groups attached to an aromatic ring is 1. The monoisotopic (exact) mass is 304 g/mol. The Hall–Kier alpha value is -1.99. The van der Waals surface area contributed by atoms with Crippen LogP contribution in [0.2, 0.25) is 0 Å². The minimum atomic E-state index is -4.55. The number of likely N-dealkylation sites (N-methyl/N-ethyl adjacent to an activating group) is 1. The maximum Gasteiger partial charge on any atom is 0.433 e. The summed E-state index contributed by atoms with van der Waals surface area (Å²) in [5, 5.41) is 2.69. The quantitative estimate of drug-likeness (QED) is 0.871. The van der Waals surface area contributed by atoms with Crippen LogP contribution in [0.1, 0.15) is 19.5 Å². The summed E-state index contributed by atoms with van der Waals surface area (Å²) in [6, 6.07) is 0.838. The zero-order chi connectivity index (χ0) is 16.2. The molecule has 0 aromatic carbocycles. The summed E-state index contributed by atoms with van der Waals surface area (Å²) in [4.78, 5) is 16.3. The van der Waals surface area contributed by atoms with Crippen LogP contribution in [-0.2, 0) is 11.0 Å². The van der Waals surface area contributed by atoms with Crippen LogP contribution >= 0.6 is 0 Å². The molecule has 0 atom stereocenters. The predicted octanol–water partition coefficient (Wildman–Crippen LogP) is 1.89. The molecule has 0 radical (unpaired) electrons. The van der Waals surface area contributed by atoms with Crippen molar-refractivity contribution in [1.82, 2.24) is 10.3 Å². The molecule has 118 valence electrons. The van der Waals surface area contributed by atoms with E-state index in [0.717, 1.165) is 12.3 Å². The predicted molar refractivity (Wildman–Crippen MR) is 74.8 cm³/mol. The number of nitrogens with zero attached hydrogens (tertiary/aromatic N) is 2. The second kappa shape index (κ2) is 6.64. The highest BCUT2D eigenvalue weighted by Gasteiger charge is 2.33. The topological polar surface area (TPSA) is 71.2 Å². The number of halogens is 3. The standard InChI is InChI=1S/C13H19F3N4O/c1-8(2)5-19-12(21)7-20(3)10-4-11(13(14,15)16)18-6-9(10)17/h4,6,8H,5,7,17H2,1-3H3,(H,19,21). The third-order valence-electron chi connectivity index (χ3n) is 2.70. The number of nitrogens with two attached hydrogens (primary N) is 1. The van der Waals surface area contributed by atoms with Gasteiger partial charge in [0.25, 0.3) is 0 Å². The maximum atomic E-state index is 12.6. The normalized spacial score (nSPS) is 11.6. The Labute approximate surface area is 121 Å². The van der Waals surface area contributed by atoms with Crippen LogP contribution in [0.4, 0.5) is 24.5 Å². The minimum absolute atomic E-state index is 0.0851. The van der Waals surface area contributed by atoms with Gasteiger partial charge in [-0.3, -0.25) is 4.79 Å². The molecule has 0 aliphatic rings.